The molecule has 0 aliphatic heterocycles. The summed E-state index contributed by atoms with van der Waals surface area (Å²) in [4.78, 5) is 29.2. The number of hydrogen-bond donors (Lipinski definition) is 1. The number of para-hydroxylation sites is 2. The highest BCUT2D eigenvalue weighted by atomic mass is 35.5. The van der Waals surface area contributed by atoms with E-state index in [9.17, 15) is 18.0 Å². The largest absolute Gasteiger partial charge is 0.495 e. The van der Waals surface area contributed by atoms with Gasteiger partial charge in [0.1, 0.15) is 18.3 Å². The third-order valence-corrected chi connectivity index (χ3v) is 8.36. The fourth-order valence-electron chi connectivity index (χ4n) is 4.34. The van der Waals surface area contributed by atoms with Crippen molar-refractivity contribution in [3.63, 3.8) is 0 Å². The number of sulfonamides is 1. The molecule has 0 unspecified atom stereocenters. The van der Waals surface area contributed by atoms with Gasteiger partial charge in [0.15, 0.2) is 0 Å². The molecule has 0 aromatic heterocycles. The third kappa shape index (κ3) is 8.86. The summed E-state index contributed by atoms with van der Waals surface area (Å²) in [6.07, 6.45) is 2.86. The van der Waals surface area contributed by atoms with Gasteiger partial charge < -0.3 is 15.0 Å². The zero-order valence-corrected chi connectivity index (χ0v) is 25.7. The second-order valence-corrected chi connectivity index (χ2v) is 12.2. The van der Waals surface area contributed by atoms with Gasteiger partial charge in [0.05, 0.1) is 19.1 Å². The van der Waals surface area contributed by atoms with Gasteiger partial charge >= 0.3 is 0 Å². The highest BCUT2D eigenvalue weighted by molar-refractivity contribution is 7.92. The second kappa shape index (κ2) is 15.1. The number of carbonyl (C=O) groups excluding carboxylic acids is 2. The lowest BCUT2D eigenvalue weighted by Gasteiger charge is -2.34. The minimum Gasteiger partial charge on any atom is -0.495 e. The number of ether oxygens (including phenoxy) is 1. The molecule has 3 aromatic carbocycles. The van der Waals surface area contributed by atoms with Crippen LogP contribution in [-0.4, -0.2) is 57.6 Å². The first-order valence-electron chi connectivity index (χ1n) is 13.2. The molecule has 1 atom stereocenters. The number of hydrogen-bond acceptors (Lipinski definition) is 5. The molecule has 0 fully saturated rings. The first-order chi connectivity index (χ1) is 19.6. The van der Waals surface area contributed by atoms with Crippen molar-refractivity contribution in [2.45, 2.75) is 38.8 Å². The van der Waals surface area contributed by atoms with Crippen molar-refractivity contribution in [2.24, 2.45) is 0 Å². The van der Waals surface area contributed by atoms with Crippen LogP contribution in [0.25, 0.3) is 0 Å². The van der Waals surface area contributed by atoms with Crippen molar-refractivity contribution in [3.05, 3.63) is 94.0 Å². The van der Waals surface area contributed by atoms with Crippen LogP contribution in [0.2, 0.25) is 10.0 Å². The number of methoxy groups -OCH3 is 1. The molecule has 0 aliphatic rings. The monoisotopic (exact) mass is 619 g/mol. The molecule has 0 heterocycles. The molecule has 2 amide bonds. The molecular formula is C30H35Cl2N3O5S. The van der Waals surface area contributed by atoms with Crippen LogP contribution in [0.3, 0.4) is 0 Å². The van der Waals surface area contributed by atoms with Gasteiger partial charge in [-0.1, -0.05) is 85.1 Å². The zero-order valence-electron chi connectivity index (χ0n) is 23.3. The van der Waals surface area contributed by atoms with Crippen LogP contribution in [0.1, 0.15) is 30.9 Å². The standard InChI is InChI=1S/C30H35Cl2N3O5S/c1-4-5-18-33-30(37)27(19-22-12-7-6-8-13-22)34(20-23-24(31)14-11-15-25(23)32)29(36)21-35(41(3,38)39)26-16-9-10-17-28(26)40-2/h6-17,27H,4-5,18-21H2,1-3H3,(H,33,37)/t27-/m1/s1. The zero-order chi connectivity index (χ0) is 30.0. The normalized spacial score (nSPS) is 11.9. The van der Waals surface area contributed by atoms with Crippen LogP contribution in [0.5, 0.6) is 5.75 Å². The van der Waals surface area contributed by atoms with Gasteiger partial charge in [0.2, 0.25) is 21.8 Å². The Labute approximate surface area is 252 Å². The Balaban J connectivity index is 2.10. The average Bonchev–Trinajstić information content (AvgIpc) is 2.94. The highest BCUT2D eigenvalue weighted by Gasteiger charge is 2.34. The van der Waals surface area contributed by atoms with Crippen LogP contribution < -0.4 is 14.4 Å². The molecule has 3 aromatic rings. The number of benzene rings is 3. The van der Waals surface area contributed by atoms with E-state index in [0.29, 0.717) is 22.2 Å². The molecular weight excluding hydrogens is 585 g/mol. The van der Waals surface area contributed by atoms with Crippen molar-refractivity contribution in [2.75, 3.05) is 30.8 Å². The van der Waals surface area contributed by atoms with Crippen molar-refractivity contribution >= 4 is 50.7 Å². The summed E-state index contributed by atoms with van der Waals surface area (Å²) in [7, 11) is -2.52. The van der Waals surface area contributed by atoms with Crippen molar-refractivity contribution in [3.8, 4) is 5.75 Å². The number of halogens is 2. The van der Waals surface area contributed by atoms with E-state index in [1.165, 1.54) is 12.0 Å². The van der Waals surface area contributed by atoms with Crippen LogP contribution >= 0.6 is 23.2 Å². The van der Waals surface area contributed by atoms with E-state index in [1.54, 1.807) is 42.5 Å². The molecule has 0 aliphatic carbocycles. The first-order valence-corrected chi connectivity index (χ1v) is 15.8. The molecule has 41 heavy (non-hydrogen) atoms. The number of carbonyl (C=O) groups is 2. The van der Waals surface area contributed by atoms with E-state index >= 15 is 0 Å². The maximum atomic E-state index is 14.2. The van der Waals surface area contributed by atoms with E-state index in [4.69, 9.17) is 27.9 Å². The molecule has 8 nitrogen and oxygen atoms in total. The van der Waals surface area contributed by atoms with E-state index in [2.05, 4.69) is 5.32 Å². The predicted molar refractivity (Wildman–Crippen MR) is 164 cm³/mol. The molecule has 0 spiro atoms. The van der Waals surface area contributed by atoms with Crippen LogP contribution in [0, 0.1) is 0 Å². The van der Waals surface area contributed by atoms with Crippen LogP contribution in [0.4, 0.5) is 5.69 Å². The fourth-order valence-corrected chi connectivity index (χ4v) is 5.71. The Morgan fingerprint density at radius 2 is 1.59 bits per heavy atom. The summed E-state index contributed by atoms with van der Waals surface area (Å²) in [6.45, 7) is 1.76. The quantitative estimate of drug-likeness (QED) is 0.246. The number of nitrogens with one attached hydrogen (secondary N) is 1. The highest BCUT2D eigenvalue weighted by Crippen LogP contribution is 2.31. The van der Waals surface area contributed by atoms with Gasteiger partial charge in [-0.05, 0) is 36.2 Å². The van der Waals surface area contributed by atoms with Gasteiger partial charge in [-0.25, -0.2) is 8.42 Å². The van der Waals surface area contributed by atoms with Gasteiger partial charge in [-0.3, -0.25) is 13.9 Å². The molecule has 3 rings (SSSR count). The number of unbranched alkanes of at least 4 members (excludes halogenated alkanes) is 1. The fraction of sp³-hybridized carbons (Fsp3) is 0.333. The Morgan fingerprint density at radius 3 is 2.20 bits per heavy atom. The minimum atomic E-state index is -3.94. The lowest BCUT2D eigenvalue weighted by Crippen LogP contribution is -2.53. The number of amides is 2. The van der Waals surface area contributed by atoms with Gasteiger partial charge in [0, 0.05) is 35.1 Å². The Kier molecular flexibility index (Phi) is 11.9. The molecule has 0 saturated carbocycles. The van der Waals surface area contributed by atoms with Gasteiger partial charge in [-0.2, -0.15) is 0 Å². The Hall–Kier alpha value is -3.27. The van der Waals surface area contributed by atoms with Crippen molar-refractivity contribution in [1.82, 2.24) is 10.2 Å². The number of rotatable bonds is 14. The van der Waals surface area contributed by atoms with Crippen molar-refractivity contribution in [1.29, 1.82) is 0 Å². The average molecular weight is 621 g/mol. The SMILES string of the molecule is CCCCNC(=O)[C@@H](Cc1ccccc1)N(Cc1c(Cl)cccc1Cl)C(=O)CN(c1ccccc1OC)S(C)(=O)=O. The molecule has 11 heteroatoms. The summed E-state index contributed by atoms with van der Waals surface area (Å²) >= 11 is 13.0. The second-order valence-electron chi connectivity index (χ2n) is 9.51. The third-order valence-electron chi connectivity index (χ3n) is 6.52. The summed E-state index contributed by atoms with van der Waals surface area (Å²) in [6, 6.07) is 19.8. The molecule has 1 N–H and O–H groups in total. The maximum Gasteiger partial charge on any atom is 0.244 e. The van der Waals surface area contributed by atoms with Gasteiger partial charge in [0.25, 0.3) is 0 Å². The molecule has 0 bridgehead atoms. The van der Waals surface area contributed by atoms with E-state index in [-0.39, 0.29) is 30.3 Å². The number of anilines is 1. The summed E-state index contributed by atoms with van der Waals surface area (Å²) < 4.78 is 32.3. The lowest BCUT2D eigenvalue weighted by atomic mass is 10.0. The Morgan fingerprint density at radius 1 is 0.951 bits per heavy atom. The smallest absolute Gasteiger partial charge is 0.244 e. The summed E-state index contributed by atoms with van der Waals surface area (Å²) in [5, 5.41) is 3.59. The topological polar surface area (TPSA) is 96.0 Å². The maximum absolute atomic E-state index is 14.2. The Bertz CT molecular complexity index is 1420. The predicted octanol–water partition coefficient (Wildman–Crippen LogP) is 5.32. The summed E-state index contributed by atoms with van der Waals surface area (Å²) in [5.74, 6) is -0.685. The lowest BCUT2D eigenvalue weighted by molar-refractivity contribution is -0.140. The van der Waals surface area contributed by atoms with Gasteiger partial charge in [-0.15, -0.1) is 0 Å². The van der Waals surface area contributed by atoms with Crippen molar-refractivity contribution < 1.29 is 22.7 Å². The molecule has 220 valence electrons. The first kappa shape index (κ1) is 32.2. The number of nitrogens with zero attached hydrogens (tertiary/aromatic N) is 2. The molecule has 0 saturated heterocycles. The van der Waals surface area contributed by atoms with Crippen LogP contribution in [-0.2, 0) is 32.6 Å². The minimum absolute atomic E-state index is 0.112. The van der Waals surface area contributed by atoms with E-state index in [0.717, 1.165) is 29.0 Å². The van der Waals surface area contributed by atoms with E-state index in [1.807, 2.05) is 37.3 Å². The summed E-state index contributed by atoms with van der Waals surface area (Å²) in [5.41, 5.74) is 1.48. The molecule has 0 radical (unpaired) electrons. The van der Waals surface area contributed by atoms with E-state index < -0.39 is 28.5 Å². The van der Waals surface area contributed by atoms with Crippen LogP contribution in [0.15, 0.2) is 72.8 Å².